The second-order valence-corrected chi connectivity index (χ2v) is 10.1. The van der Waals surface area contributed by atoms with Crippen LogP contribution in [0.4, 0.5) is 5.69 Å². The van der Waals surface area contributed by atoms with E-state index >= 15 is 0 Å². The SMILES string of the molecule is CCOC(=O)C1=C(C)N=c2s/c(=C\c3ccc(-c4ccc(C)cc4[N+](=O)[O-])o3)c(=O)n2C1c1cccc(OC)c1. The van der Waals surface area contributed by atoms with E-state index in [9.17, 15) is 19.7 Å². The van der Waals surface area contributed by atoms with Crippen LogP contribution in [0.2, 0.25) is 0 Å². The summed E-state index contributed by atoms with van der Waals surface area (Å²) in [4.78, 5) is 43.0. The van der Waals surface area contributed by atoms with Gasteiger partial charge in [0.05, 0.1) is 46.0 Å². The Morgan fingerprint density at radius 3 is 2.73 bits per heavy atom. The fourth-order valence-electron chi connectivity index (χ4n) is 4.62. The first kappa shape index (κ1) is 26.8. The molecule has 204 valence electrons. The Morgan fingerprint density at radius 1 is 1.20 bits per heavy atom. The van der Waals surface area contributed by atoms with Crippen molar-refractivity contribution in [3.63, 3.8) is 0 Å². The number of hydrogen-bond donors (Lipinski definition) is 0. The standard InChI is InChI=1S/C29H25N3O7S/c1-5-38-28(34)25-17(3)30-29-31(26(25)18-7-6-8-19(14-18)37-4)27(33)24(40-29)15-20-10-12-23(39-20)21-11-9-16(2)13-22(21)32(35)36/h6-15,26H,5H2,1-4H3/b24-15-. The van der Waals surface area contributed by atoms with Crippen LogP contribution in [0.25, 0.3) is 17.4 Å². The Morgan fingerprint density at radius 2 is 2.00 bits per heavy atom. The van der Waals surface area contributed by atoms with Crippen LogP contribution in [0.1, 0.15) is 36.8 Å². The average Bonchev–Trinajstić information content (AvgIpc) is 3.52. The highest BCUT2D eigenvalue weighted by molar-refractivity contribution is 7.07. The lowest BCUT2D eigenvalue weighted by Crippen LogP contribution is -2.39. The lowest BCUT2D eigenvalue weighted by Gasteiger charge is -2.24. The van der Waals surface area contributed by atoms with Crippen molar-refractivity contribution < 1.29 is 23.6 Å². The third kappa shape index (κ3) is 4.87. The minimum Gasteiger partial charge on any atom is -0.497 e. The van der Waals surface area contributed by atoms with Crippen LogP contribution in [0.3, 0.4) is 0 Å². The molecule has 0 N–H and O–H groups in total. The predicted octanol–water partition coefficient (Wildman–Crippen LogP) is 4.28. The molecule has 10 nitrogen and oxygen atoms in total. The number of hydrogen-bond acceptors (Lipinski definition) is 9. The number of aromatic nitrogens is 1. The van der Waals surface area contributed by atoms with Gasteiger partial charge in [-0.15, -0.1) is 0 Å². The van der Waals surface area contributed by atoms with Crippen molar-refractivity contribution in [1.29, 1.82) is 0 Å². The quantitative estimate of drug-likeness (QED) is 0.188. The number of thiazole rings is 1. The summed E-state index contributed by atoms with van der Waals surface area (Å²) in [5, 5.41) is 11.6. The van der Waals surface area contributed by atoms with Crippen molar-refractivity contribution in [2.24, 2.45) is 4.99 Å². The maximum atomic E-state index is 13.8. The fraction of sp³-hybridized carbons (Fsp3) is 0.207. The van der Waals surface area contributed by atoms with Crippen molar-refractivity contribution in [3.8, 4) is 17.1 Å². The number of nitrogens with zero attached hydrogens (tertiary/aromatic N) is 3. The summed E-state index contributed by atoms with van der Waals surface area (Å²) in [7, 11) is 1.54. The average molecular weight is 560 g/mol. The summed E-state index contributed by atoms with van der Waals surface area (Å²) >= 11 is 1.15. The number of benzene rings is 2. The lowest BCUT2D eigenvalue weighted by molar-refractivity contribution is -0.384. The minimum absolute atomic E-state index is 0.0690. The summed E-state index contributed by atoms with van der Waals surface area (Å²) in [6, 6.07) is 14.5. The first-order valence-electron chi connectivity index (χ1n) is 12.4. The summed E-state index contributed by atoms with van der Waals surface area (Å²) in [5.41, 5.74) is 2.03. The van der Waals surface area contributed by atoms with E-state index in [2.05, 4.69) is 4.99 Å². The number of esters is 1. The van der Waals surface area contributed by atoms with Gasteiger partial charge in [0.25, 0.3) is 11.2 Å². The van der Waals surface area contributed by atoms with E-state index in [1.807, 2.05) is 6.07 Å². The van der Waals surface area contributed by atoms with Crippen LogP contribution in [0, 0.1) is 17.0 Å². The van der Waals surface area contributed by atoms with E-state index < -0.39 is 16.9 Å². The van der Waals surface area contributed by atoms with Gasteiger partial charge in [0, 0.05) is 12.1 Å². The normalized spacial score (nSPS) is 15.0. The highest BCUT2D eigenvalue weighted by Gasteiger charge is 2.33. The number of aryl methyl sites for hydroxylation is 1. The van der Waals surface area contributed by atoms with Crippen molar-refractivity contribution in [1.82, 2.24) is 4.57 Å². The molecule has 2 aromatic carbocycles. The maximum absolute atomic E-state index is 13.8. The molecular weight excluding hydrogens is 534 g/mol. The molecule has 0 amide bonds. The third-order valence-electron chi connectivity index (χ3n) is 6.44. The number of fused-ring (bicyclic) bond motifs is 1. The number of nitro benzene ring substituents is 1. The van der Waals surface area contributed by atoms with Crippen molar-refractivity contribution in [2.75, 3.05) is 13.7 Å². The molecule has 5 rings (SSSR count). The molecule has 0 radical (unpaired) electrons. The molecular formula is C29H25N3O7S. The number of furan rings is 1. The van der Waals surface area contributed by atoms with Gasteiger partial charge in [-0.25, -0.2) is 9.79 Å². The molecule has 4 aromatic rings. The van der Waals surface area contributed by atoms with E-state index in [4.69, 9.17) is 13.9 Å². The van der Waals surface area contributed by atoms with E-state index in [0.29, 0.717) is 43.4 Å². The highest BCUT2D eigenvalue weighted by Crippen LogP contribution is 2.33. The Kier molecular flexibility index (Phi) is 7.22. The number of methoxy groups -OCH3 is 1. The van der Waals surface area contributed by atoms with Gasteiger partial charge in [-0.3, -0.25) is 19.5 Å². The fourth-order valence-corrected chi connectivity index (χ4v) is 5.65. The zero-order chi connectivity index (χ0) is 28.6. The van der Waals surface area contributed by atoms with E-state index in [-0.39, 0.29) is 23.4 Å². The number of carbonyl (C=O) groups excluding carboxylic acids is 1. The monoisotopic (exact) mass is 559 g/mol. The Labute approximate surface area is 232 Å². The number of rotatable bonds is 7. The molecule has 2 aromatic heterocycles. The van der Waals surface area contributed by atoms with E-state index in [0.717, 1.165) is 16.9 Å². The third-order valence-corrected chi connectivity index (χ3v) is 7.43. The molecule has 0 saturated carbocycles. The summed E-state index contributed by atoms with van der Waals surface area (Å²) in [5.74, 6) is 0.668. The number of allylic oxidation sites excluding steroid dienone is 1. The lowest BCUT2D eigenvalue weighted by atomic mass is 9.95. The van der Waals surface area contributed by atoms with Gasteiger partial charge in [0.2, 0.25) is 0 Å². The smallest absolute Gasteiger partial charge is 0.338 e. The molecule has 0 spiro atoms. The Bertz CT molecular complexity index is 1860. The van der Waals surface area contributed by atoms with Crippen molar-refractivity contribution in [3.05, 3.63) is 113 Å². The summed E-state index contributed by atoms with van der Waals surface area (Å²) in [6.07, 6.45) is 1.57. The van der Waals surface area contributed by atoms with Gasteiger partial charge in [-0.05, 0) is 62.2 Å². The molecule has 0 aliphatic carbocycles. The van der Waals surface area contributed by atoms with E-state index in [1.165, 1.54) is 10.6 Å². The zero-order valence-corrected chi connectivity index (χ0v) is 23.0. The van der Waals surface area contributed by atoms with E-state index in [1.54, 1.807) is 76.4 Å². The second-order valence-electron chi connectivity index (χ2n) is 9.06. The number of ether oxygens (including phenoxy) is 2. The molecule has 11 heteroatoms. The van der Waals surface area contributed by atoms with Crippen molar-refractivity contribution >= 4 is 29.1 Å². The molecule has 1 aliphatic rings. The molecule has 40 heavy (non-hydrogen) atoms. The van der Waals surface area contributed by atoms with Gasteiger partial charge in [0.15, 0.2) is 4.80 Å². The van der Waals surface area contributed by atoms with Crippen LogP contribution in [0.15, 0.2) is 80.1 Å². The molecule has 0 saturated heterocycles. The maximum Gasteiger partial charge on any atom is 0.338 e. The number of nitro groups is 1. The van der Waals surface area contributed by atoms with Crippen LogP contribution in [-0.4, -0.2) is 29.2 Å². The molecule has 1 atom stereocenters. The van der Waals surface area contributed by atoms with Gasteiger partial charge < -0.3 is 13.9 Å². The first-order valence-corrected chi connectivity index (χ1v) is 13.2. The Hall–Kier alpha value is -4.77. The minimum atomic E-state index is -0.782. The molecule has 0 fully saturated rings. The van der Waals surface area contributed by atoms with Crippen molar-refractivity contribution in [2.45, 2.75) is 26.8 Å². The van der Waals surface area contributed by atoms with Crippen LogP contribution in [0.5, 0.6) is 5.75 Å². The summed E-state index contributed by atoms with van der Waals surface area (Å²) < 4.78 is 18.4. The molecule has 0 bridgehead atoms. The van der Waals surface area contributed by atoms with Gasteiger partial charge in [-0.2, -0.15) is 0 Å². The van der Waals surface area contributed by atoms with Gasteiger partial charge >= 0.3 is 5.97 Å². The van der Waals surface area contributed by atoms with Gasteiger partial charge in [-0.1, -0.05) is 29.5 Å². The summed E-state index contributed by atoms with van der Waals surface area (Å²) in [6.45, 7) is 5.37. The first-order chi connectivity index (χ1) is 19.2. The highest BCUT2D eigenvalue weighted by atomic mass is 32.1. The van der Waals surface area contributed by atoms with Crippen LogP contribution < -0.4 is 19.6 Å². The predicted molar refractivity (Wildman–Crippen MR) is 149 cm³/mol. The number of carbonyl (C=O) groups is 1. The van der Waals surface area contributed by atoms with Gasteiger partial charge in [0.1, 0.15) is 17.3 Å². The molecule has 3 heterocycles. The van der Waals surface area contributed by atoms with Crippen LogP contribution in [-0.2, 0) is 9.53 Å². The zero-order valence-electron chi connectivity index (χ0n) is 22.2. The molecule has 1 aliphatic heterocycles. The topological polar surface area (TPSA) is 126 Å². The molecule has 1 unspecified atom stereocenters. The second kappa shape index (κ2) is 10.8. The van der Waals surface area contributed by atoms with Crippen LogP contribution >= 0.6 is 11.3 Å². The largest absolute Gasteiger partial charge is 0.497 e. The Balaban J connectivity index is 1.64.